The number of halogens is 1. The van der Waals surface area contributed by atoms with Crippen molar-refractivity contribution >= 4 is 27.7 Å². The number of hydrogen-bond donors (Lipinski definition) is 2. The van der Waals surface area contributed by atoms with Crippen LogP contribution in [0.5, 0.6) is 0 Å². The highest BCUT2D eigenvalue weighted by Gasteiger charge is 2.33. The average Bonchev–Trinajstić information content (AvgIpc) is 3.58. The van der Waals surface area contributed by atoms with E-state index in [-0.39, 0.29) is 41.0 Å². The Balaban J connectivity index is 1.59. The number of benzene rings is 2. The minimum absolute atomic E-state index is 0.0546. The second-order valence-corrected chi connectivity index (χ2v) is 12.8. The summed E-state index contributed by atoms with van der Waals surface area (Å²) in [5, 5.41) is 6.63. The van der Waals surface area contributed by atoms with Gasteiger partial charge in [-0.1, -0.05) is 81.2 Å². The number of rotatable bonds is 12. The normalized spacial score (nSPS) is 14.6. The lowest BCUT2D eigenvalue weighted by Crippen LogP contribution is -2.53. The van der Waals surface area contributed by atoms with Gasteiger partial charge in [0.15, 0.2) is 5.76 Å². The molecule has 0 aliphatic heterocycles. The zero-order chi connectivity index (χ0) is 30.4. The Morgan fingerprint density at radius 2 is 1.76 bits per heavy atom. The Kier molecular flexibility index (Phi) is 10.0. The maximum atomic E-state index is 14.2. The average molecular weight is 599 g/mol. The summed E-state index contributed by atoms with van der Waals surface area (Å²) in [6.07, 6.45) is 5.11. The first-order valence-corrected chi connectivity index (χ1v) is 15.9. The van der Waals surface area contributed by atoms with Crippen molar-refractivity contribution in [2.24, 2.45) is 5.92 Å². The predicted molar refractivity (Wildman–Crippen MR) is 158 cm³/mol. The number of amides is 2. The SMILES string of the molecule is CCCC(=O)N(Cc1ccc(-c2ccccc2S(=O)(=O)Nc2noc(C)c2F)cc1)C(C(=O)NC1CCCC1)C(C)C. The number of nitrogens with one attached hydrogen (secondary N) is 2. The second-order valence-electron chi connectivity index (χ2n) is 11.2. The summed E-state index contributed by atoms with van der Waals surface area (Å²) in [5.74, 6) is -1.80. The van der Waals surface area contributed by atoms with E-state index in [0.717, 1.165) is 31.2 Å². The van der Waals surface area contributed by atoms with Crippen LogP contribution in [-0.4, -0.2) is 42.4 Å². The standard InChI is InChI=1S/C31H39FN4O5S/c1-5-10-27(37)36(29(20(2)3)31(38)33-24-11-6-7-12-24)19-22-15-17-23(18-16-22)25-13-8-9-14-26(25)42(39,40)35-30-28(32)21(4)41-34-30/h8-9,13-18,20,24,29H,5-7,10-12,19H2,1-4H3,(H,33,38)(H,34,35). The third-order valence-electron chi connectivity index (χ3n) is 7.54. The summed E-state index contributed by atoms with van der Waals surface area (Å²) in [6, 6.07) is 13.1. The molecule has 1 atom stereocenters. The highest BCUT2D eigenvalue weighted by molar-refractivity contribution is 7.92. The summed E-state index contributed by atoms with van der Waals surface area (Å²) < 4.78 is 47.5. The van der Waals surface area contributed by atoms with Crippen LogP contribution in [0.25, 0.3) is 11.1 Å². The molecule has 2 amide bonds. The number of aromatic nitrogens is 1. The maximum Gasteiger partial charge on any atom is 0.263 e. The van der Waals surface area contributed by atoms with E-state index >= 15 is 0 Å². The molecule has 0 spiro atoms. The van der Waals surface area contributed by atoms with Crippen molar-refractivity contribution in [1.82, 2.24) is 15.4 Å². The van der Waals surface area contributed by atoms with Gasteiger partial charge in [0.25, 0.3) is 10.0 Å². The van der Waals surface area contributed by atoms with Crippen molar-refractivity contribution in [2.45, 2.75) is 89.7 Å². The van der Waals surface area contributed by atoms with Crippen LogP contribution in [-0.2, 0) is 26.2 Å². The van der Waals surface area contributed by atoms with Gasteiger partial charge >= 0.3 is 0 Å². The smallest absolute Gasteiger partial charge is 0.263 e. The van der Waals surface area contributed by atoms with Crippen LogP contribution in [0.2, 0.25) is 0 Å². The van der Waals surface area contributed by atoms with Gasteiger partial charge in [-0.3, -0.25) is 14.3 Å². The van der Waals surface area contributed by atoms with Gasteiger partial charge in [-0.15, -0.1) is 0 Å². The van der Waals surface area contributed by atoms with Crippen molar-refractivity contribution in [3.05, 3.63) is 65.7 Å². The number of nitrogens with zero attached hydrogens (tertiary/aromatic N) is 2. The van der Waals surface area contributed by atoms with Crippen molar-refractivity contribution in [3.63, 3.8) is 0 Å². The Labute approximate surface area is 246 Å². The van der Waals surface area contributed by atoms with Gasteiger partial charge in [0, 0.05) is 24.6 Å². The molecule has 1 aliphatic rings. The molecule has 1 aromatic heterocycles. The molecule has 42 heavy (non-hydrogen) atoms. The molecule has 11 heteroatoms. The first-order chi connectivity index (χ1) is 20.0. The van der Waals surface area contributed by atoms with Crippen molar-refractivity contribution in [1.29, 1.82) is 0 Å². The predicted octanol–water partition coefficient (Wildman–Crippen LogP) is 5.80. The monoisotopic (exact) mass is 598 g/mol. The highest BCUT2D eigenvalue weighted by atomic mass is 32.2. The van der Waals surface area contributed by atoms with Gasteiger partial charge in [0.05, 0.1) is 4.90 Å². The third kappa shape index (κ3) is 7.18. The minimum atomic E-state index is -4.20. The Hall–Kier alpha value is -3.73. The third-order valence-corrected chi connectivity index (χ3v) is 8.94. The first kappa shape index (κ1) is 31.2. The lowest BCUT2D eigenvalue weighted by molar-refractivity contribution is -0.143. The number of hydrogen-bond acceptors (Lipinski definition) is 6. The summed E-state index contributed by atoms with van der Waals surface area (Å²) >= 11 is 0. The second kappa shape index (κ2) is 13.5. The number of carbonyl (C=O) groups excluding carboxylic acids is 2. The molecule has 1 fully saturated rings. The fourth-order valence-corrected chi connectivity index (χ4v) is 6.62. The van der Waals surface area contributed by atoms with Crippen LogP contribution in [0.4, 0.5) is 10.2 Å². The van der Waals surface area contributed by atoms with Crippen LogP contribution in [0, 0.1) is 18.7 Å². The van der Waals surface area contributed by atoms with E-state index in [2.05, 4.69) is 15.2 Å². The number of carbonyl (C=O) groups is 2. The number of sulfonamides is 1. The van der Waals surface area contributed by atoms with Crippen LogP contribution >= 0.6 is 0 Å². The molecular weight excluding hydrogens is 559 g/mol. The van der Waals surface area contributed by atoms with Crippen molar-refractivity contribution in [3.8, 4) is 11.1 Å². The summed E-state index contributed by atoms with van der Waals surface area (Å²) in [5.41, 5.74) is 1.83. The quantitative estimate of drug-likeness (QED) is 0.272. The first-order valence-electron chi connectivity index (χ1n) is 14.4. The van der Waals surface area contributed by atoms with Gasteiger partial charge in [0.1, 0.15) is 6.04 Å². The molecule has 1 heterocycles. The number of aryl methyl sites for hydroxylation is 1. The van der Waals surface area contributed by atoms with E-state index in [1.807, 2.05) is 32.9 Å². The minimum Gasteiger partial charge on any atom is -0.356 e. The van der Waals surface area contributed by atoms with E-state index in [0.29, 0.717) is 24.0 Å². The van der Waals surface area contributed by atoms with E-state index in [9.17, 15) is 22.4 Å². The molecule has 1 aliphatic carbocycles. The lowest BCUT2D eigenvalue weighted by atomic mass is 9.98. The molecule has 0 saturated heterocycles. The highest BCUT2D eigenvalue weighted by Crippen LogP contribution is 2.30. The van der Waals surface area contributed by atoms with E-state index in [4.69, 9.17) is 4.52 Å². The Morgan fingerprint density at radius 3 is 2.36 bits per heavy atom. The molecule has 226 valence electrons. The van der Waals surface area contributed by atoms with Crippen LogP contribution in [0.1, 0.15) is 70.6 Å². The zero-order valence-corrected chi connectivity index (χ0v) is 25.3. The van der Waals surface area contributed by atoms with E-state index in [1.165, 1.54) is 13.0 Å². The van der Waals surface area contributed by atoms with E-state index < -0.39 is 27.7 Å². The van der Waals surface area contributed by atoms with Gasteiger partial charge in [0.2, 0.25) is 23.4 Å². The summed E-state index contributed by atoms with van der Waals surface area (Å²) in [7, 11) is -4.20. The summed E-state index contributed by atoms with van der Waals surface area (Å²) in [4.78, 5) is 28.3. The molecule has 3 aromatic rings. The van der Waals surface area contributed by atoms with Gasteiger partial charge in [-0.2, -0.15) is 4.39 Å². The van der Waals surface area contributed by atoms with Gasteiger partial charge < -0.3 is 14.7 Å². The fourth-order valence-electron chi connectivity index (χ4n) is 5.39. The molecule has 2 N–H and O–H groups in total. The van der Waals surface area contributed by atoms with Crippen LogP contribution in [0.15, 0.2) is 57.9 Å². The zero-order valence-electron chi connectivity index (χ0n) is 24.5. The van der Waals surface area contributed by atoms with E-state index in [1.54, 1.807) is 35.2 Å². The van der Waals surface area contributed by atoms with Crippen molar-refractivity contribution in [2.75, 3.05) is 4.72 Å². The van der Waals surface area contributed by atoms with Gasteiger partial charge in [-0.05, 0) is 49.3 Å². The fraction of sp³-hybridized carbons (Fsp3) is 0.452. The molecule has 1 unspecified atom stereocenters. The van der Waals surface area contributed by atoms with Crippen LogP contribution in [0.3, 0.4) is 0 Å². The topological polar surface area (TPSA) is 122 Å². The molecule has 0 bridgehead atoms. The Morgan fingerprint density at radius 1 is 1.10 bits per heavy atom. The maximum absolute atomic E-state index is 14.2. The van der Waals surface area contributed by atoms with Crippen LogP contribution < -0.4 is 10.0 Å². The molecule has 0 radical (unpaired) electrons. The molecule has 4 rings (SSSR count). The van der Waals surface area contributed by atoms with Crippen molar-refractivity contribution < 1.29 is 26.9 Å². The molecule has 2 aromatic carbocycles. The molecule has 9 nitrogen and oxygen atoms in total. The number of anilines is 1. The largest absolute Gasteiger partial charge is 0.356 e. The lowest BCUT2D eigenvalue weighted by Gasteiger charge is -2.34. The van der Waals surface area contributed by atoms with Gasteiger partial charge in [-0.25, -0.2) is 8.42 Å². The summed E-state index contributed by atoms with van der Waals surface area (Å²) in [6.45, 7) is 7.43. The molecule has 1 saturated carbocycles. The Bertz CT molecular complexity index is 1500. The molecular formula is C31H39FN4O5S.